The van der Waals surface area contributed by atoms with Gasteiger partial charge in [0.05, 0.1) is 4.70 Å². The van der Waals surface area contributed by atoms with Crippen LogP contribution in [-0.4, -0.2) is 59.7 Å². The molecule has 0 bridgehead atoms. The summed E-state index contributed by atoms with van der Waals surface area (Å²) in [4.78, 5) is 28.8. The fraction of sp³-hybridized carbons (Fsp3) is 0.500. The van der Waals surface area contributed by atoms with Crippen LogP contribution in [-0.2, 0) is 0 Å². The van der Waals surface area contributed by atoms with Crippen molar-refractivity contribution in [1.82, 2.24) is 14.6 Å². The molecule has 0 spiro atoms. The molecular formula is C26H32N4O3S. The minimum atomic E-state index is -0.221. The number of fused-ring (bicyclic) bond motifs is 1. The Morgan fingerprint density at radius 3 is 2.50 bits per heavy atom. The lowest BCUT2D eigenvalue weighted by molar-refractivity contribution is 0.0886. The maximum Gasteiger partial charge on any atom is 0.287 e. The monoisotopic (exact) mass is 480 g/mol. The fourth-order valence-electron chi connectivity index (χ4n) is 5.15. The average Bonchev–Trinajstić information content (AvgIpc) is 3.52. The molecule has 0 atom stereocenters. The molecule has 1 aliphatic heterocycles. The highest BCUT2D eigenvalue weighted by atomic mass is 32.1. The molecule has 1 saturated carbocycles. The van der Waals surface area contributed by atoms with Gasteiger partial charge in [0.25, 0.3) is 5.91 Å². The summed E-state index contributed by atoms with van der Waals surface area (Å²) in [5.41, 5.74) is 0. The van der Waals surface area contributed by atoms with Gasteiger partial charge in [-0.2, -0.15) is 4.37 Å². The third-order valence-electron chi connectivity index (χ3n) is 7.24. The first-order valence-corrected chi connectivity index (χ1v) is 13.1. The van der Waals surface area contributed by atoms with E-state index in [9.17, 15) is 9.59 Å². The number of hydrogen-bond acceptors (Lipinski definition) is 7. The zero-order chi connectivity index (χ0) is 23.5. The van der Waals surface area contributed by atoms with Crippen molar-refractivity contribution in [1.29, 1.82) is 0 Å². The summed E-state index contributed by atoms with van der Waals surface area (Å²) in [5, 5.41) is 4.35. The molecule has 8 heteroatoms. The molecule has 0 radical (unpaired) electrons. The molecule has 1 N–H and O–H groups in total. The lowest BCUT2D eigenvalue weighted by atomic mass is 9.84. The van der Waals surface area contributed by atoms with Crippen molar-refractivity contribution in [3.63, 3.8) is 0 Å². The van der Waals surface area contributed by atoms with Gasteiger partial charge in [-0.3, -0.25) is 14.5 Å². The van der Waals surface area contributed by atoms with Crippen LogP contribution in [0.5, 0.6) is 0 Å². The normalized spacial score (nSPS) is 21.6. The number of rotatable bonds is 7. The first-order valence-electron chi connectivity index (χ1n) is 12.3. The molecule has 1 amide bonds. The number of ketones is 1. The molecule has 2 aliphatic rings. The molecule has 34 heavy (non-hydrogen) atoms. The zero-order valence-electron chi connectivity index (χ0n) is 19.7. The Bertz CT molecular complexity index is 1140. The van der Waals surface area contributed by atoms with Crippen LogP contribution in [0.15, 0.2) is 40.8 Å². The summed E-state index contributed by atoms with van der Waals surface area (Å²) in [5.74, 6) is 1.93. The van der Waals surface area contributed by atoms with Crippen LogP contribution in [0.1, 0.15) is 60.1 Å². The number of hydrogen-bond donors (Lipinski definition) is 1. The lowest BCUT2D eigenvalue weighted by Crippen LogP contribution is -2.47. The predicted molar refractivity (Wildman–Crippen MR) is 135 cm³/mol. The second-order valence-electron chi connectivity index (χ2n) is 9.53. The van der Waals surface area contributed by atoms with Gasteiger partial charge >= 0.3 is 0 Å². The van der Waals surface area contributed by atoms with E-state index in [1.165, 1.54) is 23.4 Å². The molecule has 1 saturated heterocycles. The third-order valence-corrected chi connectivity index (χ3v) is 8.06. The Kier molecular flexibility index (Phi) is 6.97. The van der Waals surface area contributed by atoms with Gasteiger partial charge in [-0.1, -0.05) is 12.1 Å². The van der Waals surface area contributed by atoms with Crippen LogP contribution < -0.4 is 10.2 Å². The summed E-state index contributed by atoms with van der Waals surface area (Å²) >= 11 is 1.59. The standard InChI is InChI=1S/C26H32N4O3S/c1-18(31)22-10-11-23(33-22)26(32)27-20-8-6-19(7-9-20)12-13-29-14-16-30(17-15-29)25-21-4-2-3-5-24(21)34-28-25/h2-5,10-11,19-20H,6-9,12-17H2,1H3,(H,27,32). The number of benzene rings is 1. The fourth-order valence-corrected chi connectivity index (χ4v) is 5.95. The van der Waals surface area contributed by atoms with Gasteiger partial charge in [0.1, 0.15) is 5.82 Å². The van der Waals surface area contributed by atoms with Crippen molar-refractivity contribution in [2.75, 3.05) is 37.6 Å². The number of carbonyl (C=O) groups is 2. The molecule has 1 aromatic carbocycles. The minimum Gasteiger partial charge on any atom is -0.448 e. The Hall–Kier alpha value is -2.71. The summed E-state index contributed by atoms with van der Waals surface area (Å²) < 4.78 is 11.3. The molecule has 0 unspecified atom stereocenters. The second-order valence-corrected chi connectivity index (χ2v) is 10.3. The number of nitrogens with one attached hydrogen (secondary N) is 1. The van der Waals surface area contributed by atoms with E-state index >= 15 is 0 Å². The highest BCUT2D eigenvalue weighted by Gasteiger charge is 2.26. The first-order chi connectivity index (χ1) is 16.6. The molecule has 3 aromatic rings. The number of Topliss-reactive ketones (excluding diaryl/α,β-unsaturated/α-hetero) is 1. The number of furan rings is 1. The van der Waals surface area contributed by atoms with Crippen LogP contribution in [0.3, 0.4) is 0 Å². The molecule has 2 fully saturated rings. The summed E-state index contributed by atoms with van der Waals surface area (Å²) in [6.45, 7) is 6.82. The van der Waals surface area contributed by atoms with E-state index in [1.54, 1.807) is 23.7 Å². The van der Waals surface area contributed by atoms with Gasteiger partial charge in [-0.05, 0) is 80.4 Å². The Morgan fingerprint density at radius 1 is 1.03 bits per heavy atom. The maximum absolute atomic E-state index is 12.4. The van der Waals surface area contributed by atoms with Crippen molar-refractivity contribution >= 4 is 39.1 Å². The number of anilines is 1. The smallest absolute Gasteiger partial charge is 0.287 e. The van der Waals surface area contributed by atoms with Crippen molar-refractivity contribution in [3.8, 4) is 0 Å². The SMILES string of the molecule is CC(=O)c1ccc(C(=O)NC2CCC(CCN3CCN(c4nsc5ccccc45)CC3)CC2)o1. The van der Waals surface area contributed by atoms with Crippen LogP contribution >= 0.6 is 11.5 Å². The number of amides is 1. The number of aromatic nitrogens is 1. The highest BCUT2D eigenvalue weighted by Crippen LogP contribution is 2.31. The van der Waals surface area contributed by atoms with Crippen molar-refractivity contribution in [3.05, 3.63) is 47.9 Å². The van der Waals surface area contributed by atoms with Crippen LogP contribution in [0.2, 0.25) is 0 Å². The topological polar surface area (TPSA) is 78.7 Å². The Balaban J connectivity index is 1.02. The predicted octanol–water partition coefficient (Wildman–Crippen LogP) is 4.59. The van der Waals surface area contributed by atoms with E-state index in [-0.39, 0.29) is 29.3 Å². The molecule has 3 heterocycles. The lowest BCUT2D eigenvalue weighted by Gasteiger charge is -2.36. The molecule has 2 aromatic heterocycles. The van der Waals surface area contributed by atoms with Gasteiger partial charge in [0, 0.05) is 44.5 Å². The summed E-state index contributed by atoms with van der Waals surface area (Å²) in [7, 11) is 0. The average molecular weight is 481 g/mol. The maximum atomic E-state index is 12.4. The van der Waals surface area contributed by atoms with E-state index in [2.05, 4.69) is 39.4 Å². The van der Waals surface area contributed by atoms with Crippen LogP contribution in [0.25, 0.3) is 10.1 Å². The number of nitrogens with zero attached hydrogens (tertiary/aromatic N) is 3. The first kappa shape index (κ1) is 23.1. The van der Waals surface area contributed by atoms with E-state index in [0.29, 0.717) is 0 Å². The van der Waals surface area contributed by atoms with Crippen molar-refractivity contribution in [2.45, 2.75) is 45.1 Å². The van der Waals surface area contributed by atoms with E-state index in [4.69, 9.17) is 8.79 Å². The third kappa shape index (κ3) is 5.18. The van der Waals surface area contributed by atoms with Gasteiger partial charge in [-0.25, -0.2) is 0 Å². The summed E-state index contributed by atoms with van der Waals surface area (Å²) in [6, 6.07) is 11.8. The van der Waals surface area contributed by atoms with E-state index in [1.807, 2.05) is 0 Å². The second kappa shape index (κ2) is 10.3. The highest BCUT2D eigenvalue weighted by molar-refractivity contribution is 7.13. The van der Waals surface area contributed by atoms with Gasteiger partial charge in [-0.15, -0.1) is 0 Å². The van der Waals surface area contributed by atoms with E-state index < -0.39 is 0 Å². The number of carbonyl (C=O) groups excluding carboxylic acids is 2. The van der Waals surface area contributed by atoms with Crippen LogP contribution in [0.4, 0.5) is 5.82 Å². The quantitative estimate of drug-likeness (QED) is 0.498. The van der Waals surface area contributed by atoms with Gasteiger partial charge in [0.15, 0.2) is 17.3 Å². The molecule has 7 nitrogen and oxygen atoms in total. The van der Waals surface area contributed by atoms with Crippen molar-refractivity contribution < 1.29 is 14.0 Å². The molecule has 180 valence electrons. The zero-order valence-corrected chi connectivity index (χ0v) is 20.5. The van der Waals surface area contributed by atoms with E-state index in [0.717, 1.165) is 70.1 Å². The minimum absolute atomic E-state index is 0.169. The van der Waals surface area contributed by atoms with Gasteiger partial charge in [0.2, 0.25) is 0 Å². The van der Waals surface area contributed by atoms with Crippen LogP contribution in [0, 0.1) is 5.92 Å². The Labute approximate surface area is 204 Å². The van der Waals surface area contributed by atoms with Gasteiger partial charge < -0.3 is 14.6 Å². The number of piperazine rings is 1. The molecule has 1 aliphatic carbocycles. The molecule has 5 rings (SSSR count). The summed E-state index contributed by atoms with van der Waals surface area (Å²) in [6.07, 6.45) is 5.52. The molecular weight excluding hydrogens is 448 g/mol. The van der Waals surface area contributed by atoms with Crippen molar-refractivity contribution in [2.24, 2.45) is 5.92 Å². The Morgan fingerprint density at radius 2 is 1.76 bits per heavy atom. The largest absolute Gasteiger partial charge is 0.448 e.